The van der Waals surface area contributed by atoms with Gasteiger partial charge < -0.3 is 9.47 Å². The van der Waals surface area contributed by atoms with E-state index < -0.39 is 0 Å². The Labute approximate surface area is 403 Å². The minimum atomic E-state index is 1.09. The van der Waals surface area contributed by atoms with Crippen molar-refractivity contribution < 1.29 is 0 Å². The van der Waals surface area contributed by atoms with E-state index in [4.69, 9.17) is 0 Å². The van der Waals surface area contributed by atoms with E-state index >= 15 is 0 Å². The first kappa shape index (κ1) is 39.4. The van der Waals surface area contributed by atoms with E-state index in [0.29, 0.717) is 0 Å². The van der Waals surface area contributed by atoms with Crippen LogP contribution in [0.25, 0.3) is 113 Å². The molecule has 0 aliphatic carbocycles. The van der Waals surface area contributed by atoms with E-state index in [-0.39, 0.29) is 0 Å². The SMILES string of the molecule is c1ccc(-n2c3cc(-c4ccc(N(c5ccc(-c6ccc7c(c6)sc6ccccc67)cc5)c5ccc(-c6ccc7ccc8ccccc8c7c6)cc5)cc4)ccc3c3ccc4ccccc4c32)cc1. The molecule has 0 fully saturated rings. The fourth-order valence-electron chi connectivity index (χ4n) is 10.7. The van der Waals surface area contributed by atoms with Crippen molar-refractivity contribution in [3.63, 3.8) is 0 Å². The molecule has 0 atom stereocenters. The van der Waals surface area contributed by atoms with E-state index in [1.165, 1.54) is 108 Å². The number of benzene rings is 12. The van der Waals surface area contributed by atoms with Crippen molar-refractivity contribution in [2.24, 2.45) is 0 Å². The lowest BCUT2D eigenvalue weighted by Crippen LogP contribution is -2.09. The molecular formula is C66H42N2S. The summed E-state index contributed by atoms with van der Waals surface area (Å²) in [4.78, 5) is 2.38. The Kier molecular flexibility index (Phi) is 9.11. The van der Waals surface area contributed by atoms with Crippen molar-refractivity contribution in [3.8, 4) is 39.1 Å². The standard InChI is InChI=1S/C66H42N2S/c1-2-12-52(13-3-1)68-63-41-50(29-37-58(63)61-39-28-47-11-5-7-15-57(47)66(61)68)44-24-33-54(34-25-44)67(55-35-26-45(27-36-55)51-30-38-60-59-16-8-9-17-64(59)69-65(60)42-51)53-31-22-43(23-32-53)49-21-20-48-19-18-46-10-4-6-14-56(46)62(48)40-49/h1-42H. The zero-order valence-electron chi connectivity index (χ0n) is 37.6. The molecule has 12 aromatic carbocycles. The van der Waals surface area contributed by atoms with Gasteiger partial charge in [-0.3, -0.25) is 0 Å². The van der Waals surface area contributed by atoms with E-state index in [1.807, 2.05) is 11.3 Å². The molecule has 0 saturated carbocycles. The van der Waals surface area contributed by atoms with Gasteiger partial charge in [-0.2, -0.15) is 0 Å². The number of rotatable bonds is 7. The van der Waals surface area contributed by atoms with Crippen molar-refractivity contribution in [1.29, 1.82) is 0 Å². The van der Waals surface area contributed by atoms with Crippen LogP contribution in [-0.2, 0) is 0 Å². The van der Waals surface area contributed by atoms with Crippen LogP contribution < -0.4 is 4.90 Å². The van der Waals surface area contributed by atoms with Crippen LogP contribution in [0.15, 0.2) is 255 Å². The lowest BCUT2D eigenvalue weighted by molar-refractivity contribution is 1.19. The number of fused-ring (bicyclic) bond motifs is 11. The highest BCUT2D eigenvalue weighted by atomic mass is 32.1. The molecule has 0 bridgehead atoms. The van der Waals surface area contributed by atoms with Crippen LogP contribution in [0, 0.1) is 0 Å². The third kappa shape index (κ3) is 6.62. The average molecular weight is 895 g/mol. The van der Waals surface area contributed by atoms with Crippen LogP contribution in [0.2, 0.25) is 0 Å². The van der Waals surface area contributed by atoms with Crippen LogP contribution >= 0.6 is 11.3 Å². The fourth-order valence-corrected chi connectivity index (χ4v) is 11.9. The van der Waals surface area contributed by atoms with Gasteiger partial charge in [0.25, 0.3) is 0 Å². The molecule has 2 aromatic heterocycles. The van der Waals surface area contributed by atoms with E-state index in [1.54, 1.807) is 0 Å². The summed E-state index contributed by atoms with van der Waals surface area (Å²) < 4.78 is 5.08. The molecule has 0 unspecified atom stereocenters. The van der Waals surface area contributed by atoms with Gasteiger partial charge in [-0.05, 0) is 133 Å². The smallest absolute Gasteiger partial charge is 0.0619 e. The molecule has 2 heterocycles. The Morgan fingerprint density at radius 2 is 0.725 bits per heavy atom. The number of thiophene rings is 1. The second kappa shape index (κ2) is 16.0. The highest BCUT2D eigenvalue weighted by molar-refractivity contribution is 7.25. The van der Waals surface area contributed by atoms with Gasteiger partial charge in [-0.15, -0.1) is 11.3 Å². The minimum absolute atomic E-state index is 1.09. The summed E-state index contributed by atoms with van der Waals surface area (Å²) in [6.45, 7) is 0. The summed E-state index contributed by atoms with van der Waals surface area (Å²) in [6, 6.07) is 93.8. The first-order valence-corrected chi connectivity index (χ1v) is 24.5. The lowest BCUT2D eigenvalue weighted by atomic mass is 9.97. The fraction of sp³-hybridized carbons (Fsp3) is 0. The van der Waals surface area contributed by atoms with Gasteiger partial charge in [0, 0.05) is 59.1 Å². The summed E-state index contributed by atoms with van der Waals surface area (Å²) >= 11 is 1.86. The van der Waals surface area contributed by atoms with Crippen LogP contribution in [-0.4, -0.2) is 4.57 Å². The zero-order valence-corrected chi connectivity index (χ0v) is 38.4. The first-order chi connectivity index (χ1) is 34.2. The van der Waals surface area contributed by atoms with E-state index in [9.17, 15) is 0 Å². The topological polar surface area (TPSA) is 8.17 Å². The number of nitrogens with zero attached hydrogens (tertiary/aromatic N) is 2. The number of anilines is 3. The maximum Gasteiger partial charge on any atom is 0.0619 e. The summed E-state index contributed by atoms with van der Waals surface area (Å²) in [5.74, 6) is 0. The molecule has 0 saturated heterocycles. The summed E-state index contributed by atoms with van der Waals surface area (Å²) in [7, 11) is 0. The quantitative estimate of drug-likeness (QED) is 0.145. The number of para-hydroxylation sites is 1. The Morgan fingerprint density at radius 1 is 0.275 bits per heavy atom. The molecule has 69 heavy (non-hydrogen) atoms. The molecule has 0 N–H and O–H groups in total. The predicted molar refractivity (Wildman–Crippen MR) is 297 cm³/mol. The molecule has 14 rings (SSSR count). The Morgan fingerprint density at radius 3 is 1.41 bits per heavy atom. The summed E-state index contributed by atoms with van der Waals surface area (Å²) in [5.41, 5.74) is 14.0. The van der Waals surface area contributed by atoms with Gasteiger partial charge in [0.1, 0.15) is 0 Å². The summed E-state index contributed by atoms with van der Waals surface area (Å²) in [5, 5.41) is 12.7. The largest absolute Gasteiger partial charge is 0.311 e. The second-order valence-electron chi connectivity index (χ2n) is 18.1. The van der Waals surface area contributed by atoms with Gasteiger partial charge >= 0.3 is 0 Å². The molecule has 14 aromatic rings. The molecule has 0 aliphatic heterocycles. The molecule has 0 spiro atoms. The van der Waals surface area contributed by atoms with Gasteiger partial charge in [0.05, 0.1) is 11.0 Å². The van der Waals surface area contributed by atoms with Crippen LogP contribution in [0.1, 0.15) is 0 Å². The van der Waals surface area contributed by atoms with Crippen molar-refractivity contribution in [3.05, 3.63) is 255 Å². The first-order valence-electron chi connectivity index (χ1n) is 23.6. The second-order valence-corrected chi connectivity index (χ2v) is 19.2. The predicted octanol–water partition coefficient (Wildman–Crippen LogP) is 19.1. The Bertz CT molecular complexity index is 4280. The third-order valence-electron chi connectivity index (χ3n) is 14.2. The highest BCUT2D eigenvalue weighted by Crippen LogP contribution is 2.42. The molecular weight excluding hydrogens is 853 g/mol. The monoisotopic (exact) mass is 894 g/mol. The van der Waals surface area contributed by atoms with Gasteiger partial charge in [-0.25, -0.2) is 0 Å². The third-order valence-corrected chi connectivity index (χ3v) is 15.3. The van der Waals surface area contributed by atoms with Crippen LogP contribution in [0.5, 0.6) is 0 Å². The summed E-state index contributed by atoms with van der Waals surface area (Å²) in [6.07, 6.45) is 0. The lowest BCUT2D eigenvalue weighted by Gasteiger charge is -2.26. The van der Waals surface area contributed by atoms with Crippen molar-refractivity contribution in [2.45, 2.75) is 0 Å². The van der Waals surface area contributed by atoms with Crippen LogP contribution in [0.4, 0.5) is 17.1 Å². The van der Waals surface area contributed by atoms with Crippen molar-refractivity contribution in [1.82, 2.24) is 4.57 Å². The van der Waals surface area contributed by atoms with Crippen molar-refractivity contribution in [2.75, 3.05) is 4.90 Å². The van der Waals surface area contributed by atoms with E-state index in [0.717, 1.165) is 22.7 Å². The van der Waals surface area contributed by atoms with Crippen molar-refractivity contribution >= 4 is 103 Å². The van der Waals surface area contributed by atoms with Gasteiger partial charge in [-0.1, -0.05) is 182 Å². The normalized spacial score (nSPS) is 11.8. The zero-order chi connectivity index (χ0) is 45.4. The maximum absolute atomic E-state index is 2.45. The number of aromatic nitrogens is 1. The minimum Gasteiger partial charge on any atom is -0.311 e. The molecule has 322 valence electrons. The van der Waals surface area contributed by atoms with Crippen LogP contribution in [0.3, 0.4) is 0 Å². The van der Waals surface area contributed by atoms with E-state index in [2.05, 4.69) is 264 Å². The Balaban J connectivity index is 0.858. The molecule has 0 amide bonds. The van der Waals surface area contributed by atoms with Gasteiger partial charge in [0.15, 0.2) is 0 Å². The molecule has 0 radical (unpaired) electrons. The molecule has 3 heteroatoms. The molecule has 2 nitrogen and oxygen atoms in total. The number of hydrogen-bond donors (Lipinski definition) is 0. The number of hydrogen-bond acceptors (Lipinski definition) is 2. The Hall–Kier alpha value is -8.76. The van der Waals surface area contributed by atoms with Gasteiger partial charge in [0.2, 0.25) is 0 Å². The highest BCUT2D eigenvalue weighted by Gasteiger charge is 2.18. The molecule has 0 aliphatic rings. The average Bonchev–Trinajstić information content (AvgIpc) is 3.97. The maximum atomic E-state index is 2.45.